The number of nitrogens with two attached hydrogens (primary N) is 1. The van der Waals surface area contributed by atoms with E-state index in [-0.39, 0.29) is 11.3 Å². The average Bonchev–Trinajstić information content (AvgIpc) is 2.26. The van der Waals surface area contributed by atoms with E-state index < -0.39 is 0 Å². The third kappa shape index (κ3) is 4.27. The van der Waals surface area contributed by atoms with Gasteiger partial charge in [0.25, 0.3) is 0 Å². The first-order valence-corrected chi connectivity index (χ1v) is 6.64. The Hall–Kier alpha value is -0.960. The van der Waals surface area contributed by atoms with Crippen LogP contribution in [0.15, 0.2) is 30.3 Å². The molecule has 0 saturated carbocycles. The van der Waals surface area contributed by atoms with Crippen molar-refractivity contribution >= 4 is 17.6 Å². The average molecular weight is 236 g/mol. The summed E-state index contributed by atoms with van der Waals surface area (Å²) in [5.74, 6) is 2.36. The summed E-state index contributed by atoms with van der Waals surface area (Å²) >= 11 is 1.90. The van der Waals surface area contributed by atoms with Crippen LogP contribution in [0.2, 0.25) is 0 Å². The van der Waals surface area contributed by atoms with Crippen LogP contribution in [0.3, 0.4) is 0 Å². The fraction of sp³-hybridized carbons (Fsp3) is 0.462. The highest BCUT2D eigenvalue weighted by Gasteiger charge is 2.20. The Morgan fingerprint density at radius 1 is 1.31 bits per heavy atom. The molecule has 0 heterocycles. The van der Waals surface area contributed by atoms with Crippen LogP contribution in [0, 0.1) is 10.8 Å². The van der Waals surface area contributed by atoms with E-state index in [0.29, 0.717) is 0 Å². The Morgan fingerprint density at radius 3 is 2.50 bits per heavy atom. The summed E-state index contributed by atoms with van der Waals surface area (Å²) < 4.78 is 0. The summed E-state index contributed by atoms with van der Waals surface area (Å²) in [6.07, 6.45) is 0.958. The van der Waals surface area contributed by atoms with Gasteiger partial charge in [-0.2, -0.15) is 11.8 Å². The van der Waals surface area contributed by atoms with Crippen LogP contribution in [-0.2, 0) is 5.75 Å². The van der Waals surface area contributed by atoms with Gasteiger partial charge in [-0.15, -0.1) is 0 Å². The van der Waals surface area contributed by atoms with Crippen molar-refractivity contribution in [2.75, 3.05) is 5.75 Å². The third-order valence-electron chi connectivity index (χ3n) is 2.71. The highest BCUT2D eigenvalue weighted by atomic mass is 32.2. The molecule has 0 radical (unpaired) electrons. The largest absolute Gasteiger partial charge is 0.387 e. The van der Waals surface area contributed by atoms with Crippen LogP contribution in [-0.4, -0.2) is 11.6 Å². The van der Waals surface area contributed by atoms with Gasteiger partial charge in [0.1, 0.15) is 0 Å². The fourth-order valence-electron chi connectivity index (χ4n) is 1.23. The number of benzene rings is 1. The molecular weight excluding hydrogens is 216 g/mol. The minimum absolute atomic E-state index is 0.163. The molecule has 3 N–H and O–H groups in total. The molecule has 0 aliphatic rings. The number of amidine groups is 1. The van der Waals surface area contributed by atoms with Gasteiger partial charge in [-0.3, -0.25) is 5.41 Å². The molecule has 0 bridgehead atoms. The molecule has 16 heavy (non-hydrogen) atoms. The van der Waals surface area contributed by atoms with Crippen LogP contribution in [0.25, 0.3) is 0 Å². The molecule has 0 spiro atoms. The van der Waals surface area contributed by atoms with Crippen LogP contribution >= 0.6 is 11.8 Å². The zero-order valence-corrected chi connectivity index (χ0v) is 10.8. The van der Waals surface area contributed by atoms with Gasteiger partial charge < -0.3 is 5.73 Å². The second kappa shape index (κ2) is 5.94. The van der Waals surface area contributed by atoms with Crippen molar-refractivity contribution in [1.82, 2.24) is 0 Å². The van der Waals surface area contributed by atoms with Crippen LogP contribution in [0.5, 0.6) is 0 Å². The Kier molecular flexibility index (Phi) is 4.87. The van der Waals surface area contributed by atoms with E-state index >= 15 is 0 Å². The standard InChI is InChI=1S/C13H20N2S/c1-13(2,12(14)15)8-9-16-10-11-6-4-3-5-7-11/h3-7H,8-10H2,1-2H3,(H3,14,15). The summed E-state index contributed by atoms with van der Waals surface area (Å²) in [4.78, 5) is 0. The summed E-state index contributed by atoms with van der Waals surface area (Å²) in [7, 11) is 0. The second-order valence-corrected chi connectivity index (χ2v) is 5.69. The zero-order valence-electron chi connectivity index (χ0n) is 9.99. The molecule has 0 amide bonds. The van der Waals surface area contributed by atoms with Crippen molar-refractivity contribution in [1.29, 1.82) is 5.41 Å². The van der Waals surface area contributed by atoms with E-state index in [1.165, 1.54) is 5.56 Å². The van der Waals surface area contributed by atoms with Gasteiger partial charge in [0.05, 0.1) is 5.84 Å². The highest BCUT2D eigenvalue weighted by molar-refractivity contribution is 7.98. The van der Waals surface area contributed by atoms with Gasteiger partial charge in [-0.1, -0.05) is 44.2 Å². The number of hydrogen-bond donors (Lipinski definition) is 2. The molecule has 1 aromatic rings. The number of hydrogen-bond acceptors (Lipinski definition) is 2. The van der Waals surface area contributed by atoms with Crippen molar-refractivity contribution in [3.8, 4) is 0 Å². The summed E-state index contributed by atoms with van der Waals surface area (Å²) in [5, 5.41) is 7.47. The topological polar surface area (TPSA) is 49.9 Å². The van der Waals surface area contributed by atoms with Crippen molar-refractivity contribution in [2.24, 2.45) is 11.1 Å². The SMILES string of the molecule is CC(C)(CCSCc1ccccc1)C(=N)N. The summed E-state index contributed by atoms with van der Waals surface area (Å²) in [6.45, 7) is 4.05. The molecule has 0 atom stereocenters. The minimum atomic E-state index is -0.163. The molecule has 1 rings (SSSR count). The molecule has 0 unspecified atom stereocenters. The van der Waals surface area contributed by atoms with E-state index in [1.54, 1.807) is 0 Å². The first-order valence-electron chi connectivity index (χ1n) is 5.48. The van der Waals surface area contributed by atoms with Crippen molar-refractivity contribution in [2.45, 2.75) is 26.0 Å². The molecule has 2 nitrogen and oxygen atoms in total. The quantitative estimate of drug-likeness (QED) is 0.452. The van der Waals surface area contributed by atoms with Crippen molar-refractivity contribution in [3.63, 3.8) is 0 Å². The lowest BCUT2D eigenvalue weighted by Gasteiger charge is -2.22. The van der Waals surface area contributed by atoms with E-state index in [2.05, 4.69) is 24.3 Å². The third-order valence-corrected chi connectivity index (χ3v) is 3.74. The van der Waals surface area contributed by atoms with E-state index in [1.807, 2.05) is 31.7 Å². The van der Waals surface area contributed by atoms with E-state index in [9.17, 15) is 0 Å². The van der Waals surface area contributed by atoms with Gasteiger partial charge >= 0.3 is 0 Å². The maximum Gasteiger partial charge on any atom is 0.0963 e. The molecule has 0 fully saturated rings. The Bertz CT molecular complexity index is 333. The van der Waals surface area contributed by atoms with Gasteiger partial charge in [-0.25, -0.2) is 0 Å². The van der Waals surface area contributed by atoms with Gasteiger partial charge in [0.2, 0.25) is 0 Å². The molecule has 88 valence electrons. The van der Waals surface area contributed by atoms with Crippen LogP contribution in [0.1, 0.15) is 25.8 Å². The van der Waals surface area contributed by atoms with Gasteiger partial charge in [0, 0.05) is 11.2 Å². The Morgan fingerprint density at radius 2 is 1.94 bits per heavy atom. The summed E-state index contributed by atoms with van der Waals surface area (Å²) in [6, 6.07) is 10.4. The predicted molar refractivity (Wildman–Crippen MR) is 72.9 cm³/mol. The molecular formula is C13H20N2S. The first-order chi connectivity index (χ1) is 7.52. The molecule has 0 saturated heterocycles. The molecule has 0 aliphatic heterocycles. The zero-order chi connectivity index (χ0) is 12.0. The smallest absolute Gasteiger partial charge is 0.0963 e. The molecule has 3 heteroatoms. The van der Waals surface area contributed by atoms with Crippen LogP contribution < -0.4 is 5.73 Å². The first kappa shape index (κ1) is 13.1. The predicted octanol–water partition coefficient (Wildman–Crippen LogP) is 3.27. The second-order valence-electron chi connectivity index (χ2n) is 4.59. The lowest BCUT2D eigenvalue weighted by atomic mass is 9.89. The van der Waals surface area contributed by atoms with Crippen molar-refractivity contribution in [3.05, 3.63) is 35.9 Å². The maximum atomic E-state index is 7.47. The Labute approximate surface area is 102 Å². The van der Waals surface area contributed by atoms with E-state index in [0.717, 1.165) is 17.9 Å². The van der Waals surface area contributed by atoms with Crippen molar-refractivity contribution < 1.29 is 0 Å². The molecule has 0 aliphatic carbocycles. The minimum Gasteiger partial charge on any atom is -0.387 e. The number of rotatable bonds is 6. The lowest BCUT2D eigenvalue weighted by molar-refractivity contribution is 0.500. The Balaban J connectivity index is 2.25. The number of thioether (sulfide) groups is 1. The lowest BCUT2D eigenvalue weighted by Crippen LogP contribution is -2.31. The highest BCUT2D eigenvalue weighted by Crippen LogP contribution is 2.23. The monoisotopic (exact) mass is 236 g/mol. The fourth-order valence-corrected chi connectivity index (χ4v) is 2.45. The molecule has 1 aromatic carbocycles. The van der Waals surface area contributed by atoms with Gasteiger partial charge in [0.15, 0.2) is 0 Å². The normalized spacial score (nSPS) is 11.4. The number of nitrogens with one attached hydrogen (secondary N) is 1. The van der Waals surface area contributed by atoms with E-state index in [4.69, 9.17) is 11.1 Å². The summed E-state index contributed by atoms with van der Waals surface area (Å²) in [5.41, 5.74) is 6.73. The van der Waals surface area contributed by atoms with Crippen LogP contribution in [0.4, 0.5) is 0 Å². The molecule has 0 aromatic heterocycles. The maximum absolute atomic E-state index is 7.47. The van der Waals surface area contributed by atoms with Gasteiger partial charge in [-0.05, 0) is 17.7 Å².